The molecule has 1 nitrogen and oxygen atoms in total. The molecule has 0 aliphatic heterocycles. The van der Waals surface area contributed by atoms with Crippen LogP contribution in [0.25, 0.3) is 0 Å². The van der Waals surface area contributed by atoms with Gasteiger partial charge in [-0.1, -0.05) is 19.8 Å². The van der Waals surface area contributed by atoms with Crippen molar-refractivity contribution in [2.75, 3.05) is 0 Å². The summed E-state index contributed by atoms with van der Waals surface area (Å²) in [5, 5.41) is 10.6. The van der Waals surface area contributed by atoms with E-state index in [1.54, 1.807) is 11.3 Å². The van der Waals surface area contributed by atoms with Gasteiger partial charge in [-0.3, -0.25) is 0 Å². The maximum atomic E-state index is 10.6. The molecule has 0 amide bonds. The Morgan fingerprint density at radius 2 is 2.12 bits per heavy atom. The molecule has 1 atom stereocenters. The third-order valence-electron chi connectivity index (χ3n) is 4.03. The van der Waals surface area contributed by atoms with Crippen molar-refractivity contribution in [1.29, 1.82) is 0 Å². The van der Waals surface area contributed by atoms with Gasteiger partial charge >= 0.3 is 0 Å². The molecule has 0 saturated heterocycles. The standard InChI is InChI=1S/C13H19BrOS/c1-3-13(6-4-5-7-13)12(15)11-8-10(14)9(2)16-11/h8,12,15H,3-7H2,1-2H3. The number of thiophene rings is 1. The summed E-state index contributed by atoms with van der Waals surface area (Å²) in [5.74, 6) is 0. The summed E-state index contributed by atoms with van der Waals surface area (Å²) in [6.45, 7) is 4.31. The van der Waals surface area contributed by atoms with Crippen LogP contribution in [0.1, 0.15) is 54.9 Å². The molecule has 1 heterocycles. The largest absolute Gasteiger partial charge is 0.387 e. The molecule has 1 fully saturated rings. The minimum Gasteiger partial charge on any atom is -0.387 e. The molecule has 0 spiro atoms. The average Bonchev–Trinajstić information content (AvgIpc) is 2.87. The van der Waals surface area contributed by atoms with Gasteiger partial charge in [-0.15, -0.1) is 11.3 Å². The van der Waals surface area contributed by atoms with Gasteiger partial charge in [0, 0.05) is 19.6 Å². The molecule has 1 aliphatic carbocycles. The van der Waals surface area contributed by atoms with E-state index in [1.807, 2.05) is 0 Å². The van der Waals surface area contributed by atoms with Crippen LogP contribution in [0.4, 0.5) is 0 Å². The minimum atomic E-state index is -0.269. The van der Waals surface area contributed by atoms with Crippen molar-refractivity contribution in [3.63, 3.8) is 0 Å². The highest BCUT2D eigenvalue weighted by Gasteiger charge is 2.40. The summed E-state index contributed by atoms with van der Waals surface area (Å²) in [6, 6.07) is 2.10. The fourth-order valence-corrected chi connectivity index (χ4v) is 4.51. The second-order valence-corrected chi connectivity index (χ2v) is 7.02. The zero-order valence-corrected chi connectivity index (χ0v) is 12.3. The van der Waals surface area contributed by atoms with Gasteiger partial charge in [0.25, 0.3) is 0 Å². The molecule has 16 heavy (non-hydrogen) atoms. The van der Waals surface area contributed by atoms with Crippen LogP contribution in [0.5, 0.6) is 0 Å². The fraction of sp³-hybridized carbons (Fsp3) is 0.692. The number of aliphatic hydroxyl groups is 1. The second-order valence-electron chi connectivity index (χ2n) is 4.88. The van der Waals surface area contributed by atoms with E-state index in [-0.39, 0.29) is 11.5 Å². The van der Waals surface area contributed by atoms with Gasteiger partial charge in [0.15, 0.2) is 0 Å². The number of halogens is 1. The van der Waals surface area contributed by atoms with Crippen LogP contribution >= 0.6 is 27.3 Å². The van der Waals surface area contributed by atoms with Crippen LogP contribution in [0.2, 0.25) is 0 Å². The number of aliphatic hydroxyl groups excluding tert-OH is 1. The first-order chi connectivity index (χ1) is 7.59. The molecular formula is C13H19BrOS. The van der Waals surface area contributed by atoms with E-state index in [2.05, 4.69) is 35.8 Å². The molecular weight excluding hydrogens is 284 g/mol. The second kappa shape index (κ2) is 4.79. The lowest BCUT2D eigenvalue weighted by Gasteiger charge is -2.32. The smallest absolute Gasteiger partial charge is 0.0938 e. The summed E-state index contributed by atoms with van der Waals surface area (Å²) >= 11 is 5.26. The number of hydrogen-bond acceptors (Lipinski definition) is 2. The summed E-state index contributed by atoms with van der Waals surface area (Å²) in [4.78, 5) is 2.39. The molecule has 1 N–H and O–H groups in total. The Morgan fingerprint density at radius 3 is 2.56 bits per heavy atom. The molecule has 2 rings (SSSR count). The van der Waals surface area contributed by atoms with E-state index >= 15 is 0 Å². The zero-order chi connectivity index (χ0) is 11.8. The van der Waals surface area contributed by atoms with E-state index in [1.165, 1.54) is 30.6 Å². The maximum Gasteiger partial charge on any atom is 0.0938 e. The predicted molar refractivity (Wildman–Crippen MR) is 72.9 cm³/mol. The SMILES string of the molecule is CCC1(C(O)c2cc(Br)c(C)s2)CCCC1. The Labute approximate surface area is 110 Å². The molecule has 90 valence electrons. The van der Waals surface area contributed by atoms with Gasteiger partial charge in [-0.25, -0.2) is 0 Å². The highest BCUT2D eigenvalue weighted by Crippen LogP contribution is 2.51. The number of hydrogen-bond donors (Lipinski definition) is 1. The lowest BCUT2D eigenvalue weighted by atomic mass is 9.77. The molecule has 0 aromatic carbocycles. The van der Waals surface area contributed by atoms with Crippen molar-refractivity contribution in [3.8, 4) is 0 Å². The Balaban J connectivity index is 2.26. The summed E-state index contributed by atoms with van der Waals surface area (Å²) in [5.41, 5.74) is 0.150. The third kappa shape index (κ3) is 2.09. The van der Waals surface area contributed by atoms with Gasteiger partial charge in [-0.05, 0) is 48.2 Å². The number of aryl methyl sites for hydroxylation is 1. The van der Waals surface area contributed by atoms with Crippen LogP contribution in [0.15, 0.2) is 10.5 Å². The van der Waals surface area contributed by atoms with Gasteiger partial charge in [-0.2, -0.15) is 0 Å². The normalized spacial score (nSPS) is 21.2. The van der Waals surface area contributed by atoms with Crippen molar-refractivity contribution in [3.05, 3.63) is 20.3 Å². The topological polar surface area (TPSA) is 20.2 Å². The van der Waals surface area contributed by atoms with Crippen molar-refractivity contribution in [1.82, 2.24) is 0 Å². The Bertz CT molecular complexity index is 347. The molecule has 1 aromatic rings. The Kier molecular flexibility index (Phi) is 3.77. The van der Waals surface area contributed by atoms with Crippen LogP contribution < -0.4 is 0 Å². The molecule has 3 heteroatoms. The van der Waals surface area contributed by atoms with Gasteiger partial charge < -0.3 is 5.11 Å². The van der Waals surface area contributed by atoms with Crippen molar-refractivity contribution >= 4 is 27.3 Å². The lowest BCUT2D eigenvalue weighted by molar-refractivity contribution is 0.0265. The molecule has 1 aromatic heterocycles. The van der Waals surface area contributed by atoms with E-state index in [9.17, 15) is 5.11 Å². The molecule has 0 radical (unpaired) electrons. The zero-order valence-electron chi connectivity index (χ0n) is 9.92. The summed E-state index contributed by atoms with van der Waals surface area (Å²) < 4.78 is 1.14. The van der Waals surface area contributed by atoms with Crippen LogP contribution in [0, 0.1) is 12.3 Å². The molecule has 1 saturated carbocycles. The van der Waals surface area contributed by atoms with E-state index in [4.69, 9.17) is 0 Å². The first-order valence-electron chi connectivity index (χ1n) is 6.03. The lowest BCUT2D eigenvalue weighted by Crippen LogP contribution is -2.24. The van der Waals surface area contributed by atoms with Crippen molar-refractivity contribution in [2.45, 2.75) is 52.1 Å². The van der Waals surface area contributed by atoms with Crippen molar-refractivity contribution < 1.29 is 5.11 Å². The third-order valence-corrected chi connectivity index (χ3v) is 6.22. The van der Waals surface area contributed by atoms with Crippen LogP contribution in [0.3, 0.4) is 0 Å². The van der Waals surface area contributed by atoms with E-state index < -0.39 is 0 Å². The first-order valence-corrected chi connectivity index (χ1v) is 7.64. The Hall–Kier alpha value is 0.140. The van der Waals surface area contributed by atoms with Gasteiger partial charge in [0.1, 0.15) is 0 Å². The van der Waals surface area contributed by atoms with Gasteiger partial charge in [0.2, 0.25) is 0 Å². The highest BCUT2D eigenvalue weighted by molar-refractivity contribution is 9.10. The van der Waals surface area contributed by atoms with E-state index in [0.717, 1.165) is 15.8 Å². The summed E-state index contributed by atoms with van der Waals surface area (Å²) in [6.07, 6.45) is 5.73. The first kappa shape index (κ1) is 12.6. The maximum absolute atomic E-state index is 10.6. The van der Waals surface area contributed by atoms with Crippen LogP contribution in [-0.2, 0) is 0 Å². The summed E-state index contributed by atoms with van der Waals surface area (Å²) in [7, 11) is 0. The molecule has 0 bridgehead atoms. The van der Waals surface area contributed by atoms with E-state index in [0.29, 0.717) is 0 Å². The van der Waals surface area contributed by atoms with Crippen LogP contribution in [-0.4, -0.2) is 5.11 Å². The monoisotopic (exact) mass is 302 g/mol. The fourth-order valence-electron chi connectivity index (χ4n) is 2.82. The molecule has 1 aliphatic rings. The average molecular weight is 303 g/mol. The minimum absolute atomic E-state index is 0.150. The Morgan fingerprint density at radius 1 is 1.50 bits per heavy atom. The quantitative estimate of drug-likeness (QED) is 0.848. The van der Waals surface area contributed by atoms with Gasteiger partial charge in [0.05, 0.1) is 6.10 Å². The van der Waals surface area contributed by atoms with Crippen molar-refractivity contribution in [2.24, 2.45) is 5.41 Å². The highest BCUT2D eigenvalue weighted by atomic mass is 79.9. The molecule has 1 unspecified atom stereocenters. The number of rotatable bonds is 3. The predicted octanol–water partition coefficient (Wildman–Crippen LogP) is 4.82.